The second-order valence-corrected chi connectivity index (χ2v) is 20.3. The first-order valence-electron chi connectivity index (χ1n) is 26.0. The highest BCUT2D eigenvalue weighted by Crippen LogP contribution is 2.53. The van der Waals surface area contributed by atoms with Crippen LogP contribution in [0.3, 0.4) is 0 Å². The Labute approximate surface area is 388 Å². The topological polar surface area (TPSA) is 82.1 Å². The minimum Gasteiger partial charge on any atom is -0.481 e. The fraction of sp³-hybridized carbons (Fsp3) is 0.745. The van der Waals surface area contributed by atoms with Crippen molar-refractivity contribution >= 4 is 11.9 Å². The van der Waals surface area contributed by atoms with Crippen LogP contribution in [0, 0.1) is 41.4 Å². The summed E-state index contributed by atoms with van der Waals surface area (Å²) in [6, 6.07) is 13.0. The first-order valence-corrected chi connectivity index (χ1v) is 26.0. The van der Waals surface area contributed by atoms with E-state index in [-0.39, 0.29) is 34.7 Å². The minimum absolute atomic E-state index is 0.0412. The van der Waals surface area contributed by atoms with Gasteiger partial charge in [0.2, 0.25) is 0 Å². The Balaban J connectivity index is 0.000000244. The normalized spacial score (nSPS) is 27.1. The van der Waals surface area contributed by atoms with E-state index in [1.807, 2.05) is 12.1 Å². The highest BCUT2D eigenvalue weighted by atomic mass is 19.3. The number of halogens is 4. The van der Waals surface area contributed by atoms with Gasteiger partial charge in [-0.15, -0.1) is 0 Å². The third-order valence-electron chi connectivity index (χ3n) is 16.1. The SMILES string of the molecule is CCCCCCCCC1CCC([C@]2(c3ccc(OC(F)F)cc3)CC[C@@H](C(=O)O)CC2)CC1.CCCCCCC[C@H]1CC[C@H]([C@H]2CC[C@H](C(=O)Oc3ccc(OC(F)F)cc3)CC2)CC1. The third-order valence-corrected chi connectivity index (χ3v) is 16.1. The summed E-state index contributed by atoms with van der Waals surface area (Å²) < 4.78 is 64.0. The molecule has 4 saturated carbocycles. The smallest absolute Gasteiger partial charge is 0.387 e. The Morgan fingerprint density at radius 1 is 0.538 bits per heavy atom. The average Bonchev–Trinajstić information content (AvgIpc) is 3.31. The van der Waals surface area contributed by atoms with Crippen molar-refractivity contribution in [3.8, 4) is 17.2 Å². The molecule has 65 heavy (non-hydrogen) atoms. The maximum absolute atomic E-state index is 12.6. The fourth-order valence-electron chi connectivity index (χ4n) is 12.2. The molecular weight excluding hydrogens is 833 g/mol. The molecule has 0 spiro atoms. The van der Waals surface area contributed by atoms with Crippen LogP contribution in [0.4, 0.5) is 17.6 Å². The molecule has 0 atom stereocenters. The molecule has 10 heteroatoms. The summed E-state index contributed by atoms with van der Waals surface area (Å²) in [5, 5.41) is 9.51. The van der Waals surface area contributed by atoms with Crippen molar-refractivity contribution in [3.05, 3.63) is 54.1 Å². The van der Waals surface area contributed by atoms with Crippen molar-refractivity contribution in [1.29, 1.82) is 0 Å². The number of unbranched alkanes of at least 4 members (excludes halogenated alkanes) is 9. The van der Waals surface area contributed by atoms with Crippen LogP contribution in [0.2, 0.25) is 0 Å². The van der Waals surface area contributed by atoms with Crippen molar-refractivity contribution in [2.24, 2.45) is 41.4 Å². The van der Waals surface area contributed by atoms with E-state index in [2.05, 4.69) is 23.3 Å². The summed E-state index contributed by atoms with van der Waals surface area (Å²) in [5.41, 5.74) is 1.13. The van der Waals surface area contributed by atoms with E-state index in [1.54, 1.807) is 12.1 Å². The van der Waals surface area contributed by atoms with Gasteiger partial charge < -0.3 is 19.3 Å². The van der Waals surface area contributed by atoms with Crippen molar-refractivity contribution < 1.29 is 46.5 Å². The molecule has 0 heterocycles. The molecule has 0 aliphatic heterocycles. The van der Waals surface area contributed by atoms with Crippen LogP contribution in [0.25, 0.3) is 0 Å². The van der Waals surface area contributed by atoms with Crippen LogP contribution in [0.5, 0.6) is 17.2 Å². The van der Waals surface area contributed by atoms with Crippen molar-refractivity contribution in [3.63, 3.8) is 0 Å². The number of benzene rings is 2. The van der Waals surface area contributed by atoms with E-state index in [0.29, 0.717) is 24.5 Å². The number of hydrogen-bond acceptors (Lipinski definition) is 5. The first kappa shape index (κ1) is 52.7. The van der Waals surface area contributed by atoms with Gasteiger partial charge in [0.1, 0.15) is 17.2 Å². The Hall–Kier alpha value is -3.30. The Morgan fingerprint density at radius 2 is 0.954 bits per heavy atom. The van der Waals surface area contributed by atoms with Crippen LogP contribution in [-0.4, -0.2) is 30.3 Å². The van der Waals surface area contributed by atoms with E-state index in [0.717, 1.165) is 62.2 Å². The van der Waals surface area contributed by atoms with E-state index in [1.165, 1.54) is 165 Å². The lowest BCUT2D eigenvalue weighted by Gasteiger charge is -2.48. The molecule has 6 nitrogen and oxygen atoms in total. The first-order chi connectivity index (χ1) is 31.5. The number of aliphatic carboxylic acids is 1. The second-order valence-electron chi connectivity index (χ2n) is 20.3. The molecule has 4 fully saturated rings. The van der Waals surface area contributed by atoms with Gasteiger partial charge in [0.15, 0.2) is 0 Å². The Bertz CT molecular complexity index is 1600. The molecule has 4 aliphatic rings. The van der Waals surface area contributed by atoms with Gasteiger partial charge in [-0.1, -0.05) is 135 Å². The predicted molar refractivity (Wildman–Crippen MR) is 251 cm³/mol. The molecule has 6 rings (SSSR count). The average molecular weight is 915 g/mol. The van der Waals surface area contributed by atoms with Gasteiger partial charge in [-0.3, -0.25) is 9.59 Å². The summed E-state index contributed by atoms with van der Waals surface area (Å²) in [6.07, 6.45) is 35.3. The molecule has 0 radical (unpaired) electrons. The summed E-state index contributed by atoms with van der Waals surface area (Å²) in [4.78, 5) is 24.1. The van der Waals surface area contributed by atoms with Gasteiger partial charge in [0, 0.05) is 0 Å². The Morgan fingerprint density at radius 3 is 1.42 bits per heavy atom. The van der Waals surface area contributed by atoms with Gasteiger partial charge in [-0.25, -0.2) is 0 Å². The van der Waals surface area contributed by atoms with E-state index in [9.17, 15) is 32.3 Å². The largest absolute Gasteiger partial charge is 0.481 e. The molecule has 4 aliphatic carbocycles. The molecule has 0 unspecified atom stereocenters. The number of rotatable bonds is 23. The molecular formula is C55H82F4O6. The molecule has 2 aromatic rings. The standard InChI is InChI=1S/C28H42F2O3.C27H40F2O3/c1-2-3-4-5-6-7-8-21-9-11-23(12-10-21)28(19-17-22(18-20-28)26(31)32)24-13-15-25(16-14-24)33-27(29)30;1-2-3-4-5-6-7-20-8-10-21(11-9-20)22-12-14-23(15-13-22)26(30)31-24-16-18-25(19-17-24)32-27(28)29/h13-16,21-23,27H,2-12,17-20H2,1H3,(H,31,32);16-23,27H,2-15H2,1H3/t21?,22-,23?,28+;20-,21-,22-,23-. The lowest BCUT2D eigenvalue weighted by atomic mass is 9.56. The maximum atomic E-state index is 12.6. The minimum atomic E-state index is -2.86. The third kappa shape index (κ3) is 17.4. The number of alkyl halides is 4. The van der Waals surface area contributed by atoms with E-state index >= 15 is 0 Å². The zero-order valence-corrected chi connectivity index (χ0v) is 39.8. The van der Waals surface area contributed by atoms with Gasteiger partial charge in [0.05, 0.1) is 11.8 Å². The van der Waals surface area contributed by atoms with Crippen molar-refractivity contribution in [2.75, 3.05) is 0 Å². The molecule has 366 valence electrons. The molecule has 2 aromatic carbocycles. The van der Waals surface area contributed by atoms with E-state index < -0.39 is 19.2 Å². The number of hydrogen-bond donors (Lipinski definition) is 1. The quantitative estimate of drug-likeness (QED) is 0.0518. The molecule has 0 aromatic heterocycles. The molecule has 0 amide bonds. The maximum Gasteiger partial charge on any atom is 0.387 e. The van der Waals surface area contributed by atoms with Crippen LogP contribution in [-0.2, 0) is 15.0 Å². The number of carbonyl (C=O) groups is 2. The highest BCUT2D eigenvalue weighted by Gasteiger charge is 2.45. The number of ether oxygens (including phenoxy) is 3. The molecule has 1 N–H and O–H groups in total. The van der Waals surface area contributed by atoms with Gasteiger partial charge in [-0.05, 0) is 154 Å². The summed E-state index contributed by atoms with van der Waals surface area (Å²) >= 11 is 0. The summed E-state index contributed by atoms with van der Waals surface area (Å²) in [5.74, 6) is 3.33. The zero-order chi connectivity index (χ0) is 46.4. The van der Waals surface area contributed by atoms with Crippen LogP contribution in [0.15, 0.2) is 48.5 Å². The van der Waals surface area contributed by atoms with Gasteiger partial charge in [0.25, 0.3) is 0 Å². The number of esters is 1. The molecule has 0 bridgehead atoms. The summed E-state index contributed by atoms with van der Waals surface area (Å²) in [7, 11) is 0. The van der Waals surface area contributed by atoms with Crippen molar-refractivity contribution in [2.45, 2.75) is 219 Å². The van der Waals surface area contributed by atoms with Crippen LogP contribution < -0.4 is 14.2 Å². The van der Waals surface area contributed by atoms with Gasteiger partial charge in [-0.2, -0.15) is 17.6 Å². The molecule has 0 saturated heterocycles. The summed E-state index contributed by atoms with van der Waals surface area (Å²) in [6.45, 7) is -1.15. The monoisotopic (exact) mass is 915 g/mol. The van der Waals surface area contributed by atoms with Crippen LogP contribution >= 0.6 is 0 Å². The fourth-order valence-corrected chi connectivity index (χ4v) is 12.2. The van der Waals surface area contributed by atoms with Gasteiger partial charge >= 0.3 is 25.2 Å². The second kappa shape index (κ2) is 28.1. The lowest BCUT2D eigenvalue weighted by molar-refractivity contribution is -0.143. The van der Waals surface area contributed by atoms with Crippen molar-refractivity contribution in [1.82, 2.24) is 0 Å². The number of carboxylic acid groups (broad SMARTS) is 1. The Kier molecular flexibility index (Phi) is 22.8. The highest BCUT2D eigenvalue weighted by molar-refractivity contribution is 5.75. The van der Waals surface area contributed by atoms with E-state index in [4.69, 9.17) is 4.74 Å². The number of carboxylic acids is 1. The lowest BCUT2D eigenvalue weighted by Crippen LogP contribution is -2.42. The zero-order valence-electron chi connectivity index (χ0n) is 39.8. The van der Waals surface area contributed by atoms with Crippen LogP contribution in [0.1, 0.15) is 206 Å². The number of carbonyl (C=O) groups excluding carboxylic acids is 1. The predicted octanol–water partition coefficient (Wildman–Crippen LogP) is 16.5.